The van der Waals surface area contributed by atoms with Crippen LogP contribution in [0.5, 0.6) is 0 Å². The molecule has 1 unspecified atom stereocenters. The molecule has 2 aliphatic heterocycles. The van der Waals surface area contributed by atoms with Gasteiger partial charge in [-0.1, -0.05) is 6.07 Å². The summed E-state index contributed by atoms with van der Waals surface area (Å²) in [7, 11) is 0. The number of piperazine rings is 1. The lowest BCUT2D eigenvalue weighted by molar-refractivity contribution is 0.194. The van der Waals surface area contributed by atoms with E-state index in [0.717, 1.165) is 64.5 Å². The van der Waals surface area contributed by atoms with E-state index in [0.29, 0.717) is 0 Å². The van der Waals surface area contributed by atoms with E-state index in [1.165, 1.54) is 0 Å². The highest BCUT2D eigenvalue weighted by molar-refractivity contribution is 5.74. The van der Waals surface area contributed by atoms with Crippen molar-refractivity contribution in [2.24, 2.45) is 0 Å². The molecule has 2 aliphatic rings. The number of hydrogen-bond acceptors (Lipinski definition) is 4. The summed E-state index contributed by atoms with van der Waals surface area (Å²) in [4.78, 5) is 23.2. The van der Waals surface area contributed by atoms with Crippen LogP contribution in [0.25, 0.3) is 0 Å². The van der Waals surface area contributed by atoms with Gasteiger partial charge in [-0.2, -0.15) is 0 Å². The van der Waals surface area contributed by atoms with Crippen LogP contribution in [-0.4, -0.2) is 72.7 Å². The highest BCUT2D eigenvalue weighted by Gasteiger charge is 2.22. The second-order valence-corrected chi connectivity index (χ2v) is 6.52. The van der Waals surface area contributed by atoms with Crippen molar-refractivity contribution in [1.82, 2.24) is 20.1 Å². The van der Waals surface area contributed by atoms with Crippen molar-refractivity contribution in [1.29, 1.82) is 0 Å². The number of likely N-dealkylation sites (tertiary alicyclic amines) is 1. The van der Waals surface area contributed by atoms with E-state index >= 15 is 0 Å². The third-order valence-corrected chi connectivity index (χ3v) is 4.64. The molecule has 0 radical (unpaired) electrons. The topological polar surface area (TPSA) is 51.7 Å². The van der Waals surface area contributed by atoms with Crippen molar-refractivity contribution >= 4 is 11.8 Å². The van der Waals surface area contributed by atoms with E-state index in [2.05, 4.69) is 33.1 Å². The van der Waals surface area contributed by atoms with E-state index in [4.69, 9.17) is 0 Å². The number of rotatable bonds is 4. The monoisotopic (exact) mass is 317 g/mol. The molecule has 23 heavy (non-hydrogen) atoms. The molecule has 0 bridgehead atoms. The fraction of sp³-hybridized carbons (Fsp3) is 0.647. The molecule has 6 heteroatoms. The number of hydrogen-bond donors (Lipinski definition) is 1. The number of carbonyl (C=O) groups is 1. The van der Waals surface area contributed by atoms with Gasteiger partial charge in [0.1, 0.15) is 5.82 Å². The van der Waals surface area contributed by atoms with Gasteiger partial charge in [-0.15, -0.1) is 0 Å². The quantitative estimate of drug-likeness (QED) is 0.912. The highest BCUT2D eigenvalue weighted by atomic mass is 16.2. The Hall–Kier alpha value is -1.82. The van der Waals surface area contributed by atoms with Crippen LogP contribution in [0.3, 0.4) is 0 Å². The Balaban J connectivity index is 1.40. The number of aromatic nitrogens is 1. The minimum atomic E-state index is 0.0992. The first-order chi connectivity index (χ1) is 11.2. The first-order valence-corrected chi connectivity index (χ1v) is 8.66. The van der Waals surface area contributed by atoms with Crippen molar-refractivity contribution in [3.05, 3.63) is 24.4 Å². The molecule has 0 aromatic carbocycles. The Morgan fingerprint density at radius 1 is 1.17 bits per heavy atom. The molecule has 1 aromatic heterocycles. The van der Waals surface area contributed by atoms with Crippen molar-refractivity contribution in [3.8, 4) is 0 Å². The molecule has 126 valence electrons. The minimum absolute atomic E-state index is 0.0992. The first-order valence-electron chi connectivity index (χ1n) is 8.66. The van der Waals surface area contributed by atoms with E-state index < -0.39 is 0 Å². The smallest absolute Gasteiger partial charge is 0.317 e. The van der Waals surface area contributed by atoms with E-state index in [1.807, 2.05) is 23.2 Å². The van der Waals surface area contributed by atoms with Gasteiger partial charge in [-0.3, -0.25) is 4.90 Å². The molecule has 0 aliphatic carbocycles. The fourth-order valence-corrected chi connectivity index (χ4v) is 3.36. The largest absolute Gasteiger partial charge is 0.354 e. The van der Waals surface area contributed by atoms with Crippen molar-refractivity contribution < 1.29 is 4.79 Å². The Kier molecular flexibility index (Phi) is 5.33. The van der Waals surface area contributed by atoms with Crippen molar-refractivity contribution in [2.45, 2.75) is 25.8 Å². The van der Waals surface area contributed by atoms with E-state index in [-0.39, 0.29) is 12.1 Å². The fourth-order valence-electron chi connectivity index (χ4n) is 3.36. The number of nitrogens with zero attached hydrogens (tertiary/aromatic N) is 4. The molecule has 0 spiro atoms. The molecule has 3 heterocycles. The SMILES string of the molecule is CC(CN1CCN(c2ccccn2)CC1)NC(=O)N1CCCC1. The van der Waals surface area contributed by atoms with Crippen LogP contribution in [0, 0.1) is 0 Å². The van der Waals surface area contributed by atoms with Gasteiger partial charge in [0.15, 0.2) is 0 Å². The number of urea groups is 1. The minimum Gasteiger partial charge on any atom is -0.354 e. The molecule has 1 atom stereocenters. The maximum absolute atomic E-state index is 12.1. The molecule has 1 aromatic rings. The van der Waals surface area contributed by atoms with Gasteiger partial charge in [0.2, 0.25) is 0 Å². The van der Waals surface area contributed by atoms with Crippen molar-refractivity contribution in [2.75, 3.05) is 50.7 Å². The Morgan fingerprint density at radius 2 is 1.91 bits per heavy atom. The maximum Gasteiger partial charge on any atom is 0.317 e. The van der Waals surface area contributed by atoms with Gasteiger partial charge in [-0.05, 0) is 31.9 Å². The van der Waals surface area contributed by atoms with Crippen LogP contribution in [-0.2, 0) is 0 Å². The van der Waals surface area contributed by atoms with Crippen LogP contribution in [0.1, 0.15) is 19.8 Å². The number of pyridine rings is 1. The van der Waals surface area contributed by atoms with Gasteiger partial charge in [-0.25, -0.2) is 9.78 Å². The summed E-state index contributed by atoms with van der Waals surface area (Å²) < 4.78 is 0. The van der Waals surface area contributed by atoms with Crippen LogP contribution >= 0.6 is 0 Å². The third kappa shape index (κ3) is 4.34. The van der Waals surface area contributed by atoms with Gasteiger partial charge < -0.3 is 15.1 Å². The molecule has 1 N–H and O–H groups in total. The third-order valence-electron chi connectivity index (χ3n) is 4.64. The summed E-state index contributed by atoms with van der Waals surface area (Å²) >= 11 is 0. The molecular formula is C17H27N5O. The molecule has 3 rings (SSSR count). The van der Waals surface area contributed by atoms with E-state index in [1.54, 1.807) is 0 Å². The molecule has 6 nitrogen and oxygen atoms in total. The summed E-state index contributed by atoms with van der Waals surface area (Å²) in [6, 6.07) is 6.33. The zero-order valence-electron chi connectivity index (χ0n) is 13.9. The Bertz CT molecular complexity index is 495. The molecule has 2 fully saturated rings. The van der Waals surface area contributed by atoms with Crippen LogP contribution < -0.4 is 10.2 Å². The van der Waals surface area contributed by atoms with Crippen LogP contribution in [0.15, 0.2) is 24.4 Å². The lowest BCUT2D eigenvalue weighted by atomic mass is 10.2. The molecular weight excluding hydrogens is 290 g/mol. The predicted octanol–water partition coefficient (Wildman–Crippen LogP) is 1.40. The summed E-state index contributed by atoms with van der Waals surface area (Å²) in [5, 5.41) is 3.13. The zero-order valence-corrected chi connectivity index (χ0v) is 13.9. The predicted molar refractivity (Wildman–Crippen MR) is 91.7 cm³/mol. The summed E-state index contributed by atoms with van der Waals surface area (Å²) in [6.07, 6.45) is 4.12. The average molecular weight is 317 g/mol. The normalized spacial score (nSPS) is 20.6. The van der Waals surface area contributed by atoms with E-state index in [9.17, 15) is 4.79 Å². The standard InChI is InChI=1S/C17H27N5O/c1-15(19-17(23)22-8-4-5-9-22)14-20-10-12-21(13-11-20)16-6-2-3-7-18-16/h2-3,6-7,15H,4-5,8-14H2,1H3,(H,19,23). The Morgan fingerprint density at radius 3 is 2.57 bits per heavy atom. The number of carbonyl (C=O) groups excluding carboxylic acids is 1. The van der Waals surface area contributed by atoms with Crippen LogP contribution in [0.4, 0.5) is 10.6 Å². The second kappa shape index (κ2) is 7.64. The first kappa shape index (κ1) is 16.1. The lowest BCUT2D eigenvalue weighted by Crippen LogP contribution is -2.52. The maximum atomic E-state index is 12.1. The summed E-state index contributed by atoms with van der Waals surface area (Å²) in [5.74, 6) is 1.06. The zero-order chi connectivity index (χ0) is 16.1. The van der Waals surface area contributed by atoms with Gasteiger partial charge in [0.25, 0.3) is 0 Å². The number of anilines is 1. The van der Waals surface area contributed by atoms with Gasteiger partial charge in [0, 0.05) is 58.1 Å². The highest BCUT2D eigenvalue weighted by Crippen LogP contribution is 2.13. The van der Waals surface area contributed by atoms with Crippen molar-refractivity contribution in [3.63, 3.8) is 0 Å². The number of nitrogens with one attached hydrogen (secondary N) is 1. The van der Waals surface area contributed by atoms with Crippen LogP contribution in [0.2, 0.25) is 0 Å². The Labute approximate surface area is 138 Å². The summed E-state index contributed by atoms with van der Waals surface area (Å²) in [5.41, 5.74) is 0. The molecule has 0 saturated carbocycles. The molecule has 2 saturated heterocycles. The number of amides is 2. The second-order valence-electron chi connectivity index (χ2n) is 6.52. The summed E-state index contributed by atoms with van der Waals surface area (Å²) in [6.45, 7) is 8.83. The average Bonchev–Trinajstić information content (AvgIpc) is 3.11. The van der Waals surface area contributed by atoms with Gasteiger partial charge in [0.05, 0.1) is 0 Å². The lowest BCUT2D eigenvalue weighted by Gasteiger charge is -2.36. The molecule has 2 amide bonds. The van der Waals surface area contributed by atoms with Gasteiger partial charge >= 0.3 is 6.03 Å².